The highest BCUT2D eigenvalue weighted by molar-refractivity contribution is 9.10. The second kappa shape index (κ2) is 6.55. The first-order chi connectivity index (χ1) is 9.93. The van der Waals surface area contributed by atoms with Crippen molar-refractivity contribution < 1.29 is 17.6 Å². The molecule has 0 heterocycles. The zero-order valence-corrected chi connectivity index (χ0v) is 12.2. The van der Waals surface area contributed by atoms with Gasteiger partial charge in [0.1, 0.15) is 5.82 Å². The molecule has 0 bridgehead atoms. The zero-order valence-electron chi connectivity index (χ0n) is 10.6. The number of hydrogen-bond acceptors (Lipinski definition) is 2. The number of hydrazine groups is 1. The van der Waals surface area contributed by atoms with Gasteiger partial charge in [-0.15, -0.1) is 0 Å². The minimum atomic E-state index is -1.55. The van der Waals surface area contributed by atoms with Crippen molar-refractivity contribution in [2.75, 3.05) is 0 Å². The largest absolute Gasteiger partial charge is 0.271 e. The summed E-state index contributed by atoms with van der Waals surface area (Å²) in [6.45, 7) is 0. The van der Waals surface area contributed by atoms with Crippen LogP contribution in [0.1, 0.15) is 17.2 Å². The van der Waals surface area contributed by atoms with Crippen LogP contribution in [0, 0.1) is 23.3 Å². The Hall–Kier alpha value is -1.44. The minimum absolute atomic E-state index is 0.100. The van der Waals surface area contributed by atoms with Gasteiger partial charge in [-0.3, -0.25) is 11.3 Å². The van der Waals surface area contributed by atoms with Crippen LogP contribution in [0.4, 0.5) is 17.6 Å². The van der Waals surface area contributed by atoms with E-state index in [1.807, 2.05) is 0 Å². The summed E-state index contributed by atoms with van der Waals surface area (Å²) in [4.78, 5) is 0. The molecule has 0 amide bonds. The van der Waals surface area contributed by atoms with Crippen molar-refractivity contribution in [3.05, 3.63) is 69.2 Å². The molecule has 21 heavy (non-hydrogen) atoms. The molecule has 2 nitrogen and oxygen atoms in total. The van der Waals surface area contributed by atoms with E-state index in [0.29, 0.717) is 5.56 Å². The molecule has 112 valence electrons. The Morgan fingerprint density at radius 1 is 1.00 bits per heavy atom. The summed E-state index contributed by atoms with van der Waals surface area (Å²) in [7, 11) is 0. The van der Waals surface area contributed by atoms with Crippen LogP contribution in [0.25, 0.3) is 0 Å². The van der Waals surface area contributed by atoms with Crippen LogP contribution in [-0.2, 0) is 6.42 Å². The summed E-state index contributed by atoms with van der Waals surface area (Å²) in [5.74, 6) is 0.816. The molecule has 2 aromatic carbocycles. The predicted molar refractivity (Wildman–Crippen MR) is 74.2 cm³/mol. The molecule has 2 aromatic rings. The molecule has 0 aliphatic carbocycles. The van der Waals surface area contributed by atoms with Crippen molar-refractivity contribution in [3.63, 3.8) is 0 Å². The number of hydrogen-bond donors (Lipinski definition) is 2. The standard InChI is InChI=1S/C14H11BrF4N2/c15-9-5-7(1-3-10(9)16)6-12(21-20)8-2-4-11(17)14(19)13(8)18/h1-5,12,21H,6,20H2. The van der Waals surface area contributed by atoms with Gasteiger partial charge in [-0.2, -0.15) is 0 Å². The van der Waals surface area contributed by atoms with Crippen molar-refractivity contribution >= 4 is 15.9 Å². The fourth-order valence-electron chi connectivity index (χ4n) is 1.97. The molecule has 0 aromatic heterocycles. The first kappa shape index (κ1) is 15.9. The van der Waals surface area contributed by atoms with Crippen LogP contribution >= 0.6 is 15.9 Å². The van der Waals surface area contributed by atoms with Crippen LogP contribution in [0.15, 0.2) is 34.8 Å². The Bertz CT molecular complexity index is 664. The number of benzene rings is 2. The molecule has 0 aliphatic rings. The normalized spacial score (nSPS) is 12.5. The topological polar surface area (TPSA) is 38.0 Å². The third-order valence-corrected chi connectivity index (χ3v) is 3.67. The van der Waals surface area contributed by atoms with Gasteiger partial charge in [-0.05, 0) is 46.1 Å². The summed E-state index contributed by atoms with van der Waals surface area (Å²) in [6, 6.07) is 5.43. The van der Waals surface area contributed by atoms with Crippen molar-refractivity contribution in [3.8, 4) is 0 Å². The fraction of sp³-hybridized carbons (Fsp3) is 0.143. The smallest absolute Gasteiger partial charge is 0.194 e. The highest BCUT2D eigenvalue weighted by Crippen LogP contribution is 2.25. The molecule has 3 N–H and O–H groups in total. The van der Waals surface area contributed by atoms with Gasteiger partial charge in [-0.1, -0.05) is 12.1 Å². The van der Waals surface area contributed by atoms with E-state index in [2.05, 4.69) is 21.4 Å². The van der Waals surface area contributed by atoms with E-state index in [0.717, 1.165) is 12.1 Å². The van der Waals surface area contributed by atoms with E-state index in [1.165, 1.54) is 18.2 Å². The SMILES string of the molecule is NNC(Cc1ccc(F)c(Br)c1)c1ccc(F)c(F)c1F. The number of nitrogens with two attached hydrogens (primary N) is 1. The van der Waals surface area contributed by atoms with Crippen molar-refractivity contribution in [2.45, 2.75) is 12.5 Å². The van der Waals surface area contributed by atoms with Crippen LogP contribution in [0.5, 0.6) is 0 Å². The van der Waals surface area contributed by atoms with E-state index in [-0.39, 0.29) is 16.5 Å². The molecule has 0 radical (unpaired) electrons. The van der Waals surface area contributed by atoms with Crippen molar-refractivity contribution in [2.24, 2.45) is 5.84 Å². The predicted octanol–water partition coefficient (Wildman–Crippen LogP) is 3.75. The molecule has 0 saturated heterocycles. The molecular formula is C14H11BrF4N2. The maximum atomic E-state index is 13.8. The zero-order chi connectivity index (χ0) is 15.6. The molecule has 0 aliphatic heterocycles. The lowest BCUT2D eigenvalue weighted by molar-refractivity contribution is 0.424. The lowest BCUT2D eigenvalue weighted by Gasteiger charge is -2.18. The molecule has 0 spiro atoms. The first-order valence-corrected chi connectivity index (χ1v) is 6.76. The van der Waals surface area contributed by atoms with Gasteiger partial charge >= 0.3 is 0 Å². The lowest BCUT2D eigenvalue weighted by atomic mass is 9.98. The monoisotopic (exact) mass is 362 g/mol. The van der Waals surface area contributed by atoms with Gasteiger partial charge in [0.2, 0.25) is 0 Å². The second-order valence-corrected chi connectivity index (χ2v) is 5.29. The third-order valence-electron chi connectivity index (χ3n) is 3.07. The number of halogens is 5. The Balaban J connectivity index is 2.32. The Morgan fingerprint density at radius 2 is 1.67 bits per heavy atom. The molecule has 2 rings (SSSR count). The number of nitrogens with one attached hydrogen (secondary N) is 1. The van der Waals surface area contributed by atoms with Gasteiger partial charge < -0.3 is 0 Å². The molecule has 1 unspecified atom stereocenters. The summed E-state index contributed by atoms with van der Waals surface area (Å²) in [5.41, 5.74) is 2.90. The van der Waals surface area contributed by atoms with E-state index in [1.54, 1.807) is 0 Å². The van der Waals surface area contributed by atoms with Gasteiger partial charge in [0, 0.05) is 5.56 Å². The van der Waals surface area contributed by atoms with Crippen LogP contribution in [0.3, 0.4) is 0 Å². The summed E-state index contributed by atoms with van der Waals surface area (Å²) >= 11 is 3.04. The van der Waals surface area contributed by atoms with Crippen molar-refractivity contribution in [1.82, 2.24) is 5.43 Å². The van der Waals surface area contributed by atoms with Crippen LogP contribution < -0.4 is 11.3 Å². The van der Waals surface area contributed by atoms with E-state index >= 15 is 0 Å². The highest BCUT2D eigenvalue weighted by atomic mass is 79.9. The number of rotatable bonds is 4. The Morgan fingerprint density at radius 3 is 2.29 bits per heavy atom. The maximum Gasteiger partial charge on any atom is 0.194 e. The summed E-state index contributed by atoms with van der Waals surface area (Å²) in [5, 5.41) is 0. The Kier molecular flexibility index (Phi) is 4.97. The third kappa shape index (κ3) is 3.42. The minimum Gasteiger partial charge on any atom is -0.271 e. The van der Waals surface area contributed by atoms with Crippen molar-refractivity contribution in [1.29, 1.82) is 0 Å². The van der Waals surface area contributed by atoms with E-state index in [4.69, 9.17) is 5.84 Å². The maximum absolute atomic E-state index is 13.8. The summed E-state index contributed by atoms with van der Waals surface area (Å²) < 4.78 is 53.4. The Labute approximate surface area is 127 Å². The lowest BCUT2D eigenvalue weighted by Crippen LogP contribution is -2.30. The van der Waals surface area contributed by atoms with Gasteiger partial charge in [0.05, 0.1) is 10.5 Å². The molecular weight excluding hydrogens is 352 g/mol. The van der Waals surface area contributed by atoms with Gasteiger partial charge in [0.15, 0.2) is 17.5 Å². The fourth-order valence-corrected chi connectivity index (χ4v) is 2.40. The highest BCUT2D eigenvalue weighted by Gasteiger charge is 2.20. The first-order valence-electron chi connectivity index (χ1n) is 5.97. The summed E-state index contributed by atoms with van der Waals surface area (Å²) in [6.07, 6.45) is 0.178. The van der Waals surface area contributed by atoms with E-state index < -0.39 is 29.3 Å². The molecule has 7 heteroatoms. The van der Waals surface area contributed by atoms with Gasteiger partial charge in [-0.25, -0.2) is 17.6 Å². The van der Waals surface area contributed by atoms with E-state index in [9.17, 15) is 17.6 Å². The average Bonchev–Trinajstić information content (AvgIpc) is 2.47. The molecule has 1 atom stereocenters. The van der Waals surface area contributed by atoms with Gasteiger partial charge in [0.25, 0.3) is 0 Å². The van der Waals surface area contributed by atoms with Crippen LogP contribution in [0.2, 0.25) is 0 Å². The average molecular weight is 363 g/mol. The quantitative estimate of drug-likeness (QED) is 0.376. The second-order valence-electron chi connectivity index (χ2n) is 4.44. The molecule has 0 fully saturated rings. The molecule has 0 saturated carbocycles. The van der Waals surface area contributed by atoms with Crippen LogP contribution in [-0.4, -0.2) is 0 Å².